The molecule has 3 rings (SSSR count). The predicted molar refractivity (Wildman–Crippen MR) is 96.8 cm³/mol. The van der Waals surface area contributed by atoms with Crippen molar-refractivity contribution in [2.24, 2.45) is 11.8 Å². The van der Waals surface area contributed by atoms with Crippen LogP contribution in [0.1, 0.15) is 31.2 Å². The van der Waals surface area contributed by atoms with Gasteiger partial charge < -0.3 is 20.0 Å². The van der Waals surface area contributed by atoms with E-state index in [1.165, 1.54) is 0 Å². The summed E-state index contributed by atoms with van der Waals surface area (Å²) in [6.45, 7) is 2.00. The van der Waals surface area contributed by atoms with Gasteiger partial charge in [0, 0.05) is 23.5 Å². The number of hydrogen-bond acceptors (Lipinski definition) is 4. The number of carbonyl (C=O) groups excluding carboxylic acids is 2. The van der Waals surface area contributed by atoms with E-state index in [0.29, 0.717) is 24.3 Å². The molecular weight excluding hydrogens is 330 g/mol. The van der Waals surface area contributed by atoms with Crippen LogP contribution in [0.5, 0.6) is 11.5 Å². The number of carboxylic acid groups (broad SMARTS) is 1. The van der Waals surface area contributed by atoms with Crippen molar-refractivity contribution in [3.8, 4) is 11.5 Å². The fourth-order valence-corrected chi connectivity index (χ4v) is 3.38. The van der Waals surface area contributed by atoms with Gasteiger partial charge in [-0.2, -0.15) is 0 Å². The van der Waals surface area contributed by atoms with Gasteiger partial charge in [-0.15, -0.1) is 0 Å². The lowest BCUT2D eigenvalue weighted by molar-refractivity contribution is -0.313. The van der Waals surface area contributed by atoms with Crippen molar-refractivity contribution in [2.75, 3.05) is 5.32 Å². The first-order valence-electron chi connectivity index (χ1n) is 8.89. The van der Waals surface area contributed by atoms with Gasteiger partial charge >= 0.3 is 0 Å². The maximum Gasteiger partial charge on any atom is 0.228 e. The molecule has 1 aliphatic rings. The molecule has 26 heavy (non-hydrogen) atoms. The van der Waals surface area contributed by atoms with Crippen LogP contribution in [0, 0.1) is 18.8 Å². The van der Waals surface area contributed by atoms with E-state index in [4.69, 9.17) is 4.74 Å². The van der Waals surface area contributed by atoms with Gasteiger partial charge in [-0.25, -0.2) is 0 Å². The number of amides is 1. The van der Waals surface area contributed by atoms with Crippen LogP contribution in [0.25, 0.3) is 0 Å². The molecule has 2 aromatic rings. The van der Waals surface area contributed by atoms with Crippen LogP contribution in [-0.2, 0) is 9.59 Å². The maximum absolute atomic E-state index is 12.5. The lowest BCUT2D eigenvalue weighted by Gasteiger charge is -2.31. The van der Waals surface area contributed by atoms with Gasteiger partial charge in [0.2, 0.25) is 5.91 Å². The van der Waals surface area contributed by atoms with Gasteiger partial charge in [0.1, 0.15) is 11.5 Å². The van der Waals surface area contributed by atoms with Crippen LogP contribution in [-0.4, -0.2) is 11.9 Å². The third kappa shape index (κ3) is 4.42. The molecule has 0 aromatic heterocycles. The third-order valence-corrected chi connectivity index (χ3v) is 4.75. The number of carboxylic acids is 1. The minimum absolute atomic E-state index is 0.258. The molecule has 1 fully saturated rings. The van der Waals surface area contributed by atoms with Crippen molar-refractivity contribution in [1.82, 2.24) is 0 Å². The molecule has 136 valence electrons. The van der Waals surface area contributed by atoms with Gasteiger partial charge in [0.15, 0.2) is 0 Å². The molecule has 2 aromatic carbocycles. The molecular formula is C21H22NO4-. The smallest absolute Gasteiger partial charge is 0.228 e. The van der Waals surface area contributed by atoms with Crippen LogP contribution in [0.4, 0.5) is 5.69 Å². The number of aryl methyl sites for hydroxylation is 1. The number of anilines is 1. The molecule has 0 spiro atoms. The summed E-state index contributed by atoms with van der Waals surface area (Å²) in [5, 5.41) is 14.1. The molecule has 0 bridgehead atoms. The number of aliphatic carboxylic acids is 1. The van der Waals surface area contributed by atoms with E-state index in [9.17, 15) is 14.7 Å². The van der Waals surface area contributed by atoms with Crippen molar-refractivity contribution in [3.05, 3.63) is 54.1 Å². The quantitative estimate of drug-likeness (QED) is 0.896. The van der Waals surface area contributed by atoms with Gasteiger partial charge in [-0.1, -0.05) is 25.0 Å². The van der Waals surface area contributed by atoms with E-state index >= 15 is 0 Å². The van der Waals surface area contributed by atoms with E-state index in [2.05, 4.69) is 5.32 Å². The molecule has 0 heterocycles. The summed E-state index contributed by atoms with van der Waals surface area (Å²) in [5.41, 5.74) is 1.73. The maximum atomic E-state index is 12.5. The Balaban J connectivity index is 1.63. The largest absolute Gasteiger partial charge is 0.550 e. The minimum atomic E-state index is -1.13. The average Bonchev–Trinajstić information content (AvgIpc) is 2.63. The Hall–Kier alpha value is -2.82. The standard InChI is InChI=1S/C21H23NO4/c1-14-5-4-6-17(13-14)26-16-11-9-15(10-12-16)22-20(23)18-7-2-3-8-19(18)21(24)25/h4-6,9-13,18-19H,2-3,7-8H2,1H3,(H,22,23)(H,24,25)/p-1/t18-,19-/m0/s1. The van der Waals surface area contributed by atoms with Crippen LogP contribution >= 0.6 is 0 Å². The van der Waals surface area contributed by atoms with Gasteiger partial charge in [0.25, 0.3) is 0 Å². The van der Waals surface area contributed by atoms with Crippen LogP contribution < -0.4 is 15.2 Å². The summed E-state index contributed by atoms with van der Waals surface area (Å²) in [6, 6.07) is 14.8. The first-order valence-corrected chi connectivity index (χ1v) is 8.89. The fraction of sp³-hybridized carbons (Fsp3) is 0.333. The number of nitrogens with one attached hydrogen (secondary N) is 1. The number of rotatable bonds is 5. The van der Waals surface area contributed by atoms with Crippen LogP contribution in [0.3, 0.4) is 0 Å². The zero-order valence-corrected chi connectivity index (χ0v) is 14.7. The molecule has 0 saturated heterocycles. The molecule has 1 aliphatic carbocycles. The fourth-order valence-electron chi connectivity index (χ4n) is 3.38. The predicted octanol–water partition coefficient (Wildman–Crippen LogP) is 3.28. The minimum Gasteiger partial charge on any atom is -0.550 e. The Kier molecular flexibility index (Phi) is 5.56. The molecule has 5 nitrogen and oxygen atoms in total. The molecule has 1 saturated carbocycles. The lowest BCUT2D eigenvalue weighted by Crippen LogP contribution is -2.42. The Morgan fingerprint density at radius 3 is 2.35 bits per heavy atom. The normalized spacial score (nSPS) is 19.6. The van der Waals surface area contributed by atoms with Crippen molar-refractivity contribution in [3.63, 3.8) is 0 Å². The first kappa shape index (κ1) is 18.0. The van der Waals surface area contributed by atoms with Crippen LogP contribution in [0.15, 0.2) is 48.5 Å². The summed E-state index contributed by atoms with van der Waals surface area (Å²) in [6.07, 6.45) is 2.78. The van der Waals surface area contributed by atoms with E-state index in [1.54, 1.807) is 24.3 Å². The van der Waals surface area contributed by atoms with E-state index in [-0.39, 0.29) is 5.91 Å². The highest BCUT2D eigenvalue weighted by Gasteiger charge is 2.31. The molecule has 1 amide bonds. The summed E-state index contributed by atoms with van der Waals surface area (Å²) in [4.78, 5) is 23.7. The average molecular weight is 352 g/mol. The molecule has 0 aliphatic heterocycles. The van der Waals surface area contributed by atoms with Gasteiger partial charge in [0.05, 0.1) is 0 Å². The number of hydrogen-bond donors (Lipinski definition) is 1. The van der Waals surface area contributed by atoms with Crippen molar-refractivity contribution in [1.29, 1.82) is 0 Å². The molecule has 1 N–H and O–H groups in total. The van der Waals surface area contributed by atoms with Gasteiger partial charge in [-0.3, -0.25) is 4.79 Å². The zero-order chi connectivity index (χ0) is 18.5. The van der Waals surface area contributed by atoms with Crippen LogP contribution in [0.2, 0.25) is 0 Å². The topological polar surface area (TPSA) is 78.5 Å². The van der Waals surface area contributed by atoms with E-state index in [1.807, 2.05) is 31.2 Å². The van der Waals surface area contributed by atoms with Crippen molar-refractivity contribution >= 4 is 17.6 Å². The van der Waals surface area contributed by atoms with E-state index < -0.39 is 17.8 Å². The van der Waals surface area contributed by atoms with E-state index in [0.717, 1.165) is 24.2 Å². The number of ether oxygens (including phenoxy) is 1. The monoisotopic (exact) mass is 352 g/mol. The van der Waals surface area contributed by atoms with Crippen molar-refractivity contribution < 1.29 is 19.4 Å². The highest BCUT2D eigenvalue weighted by Crippen LogP contribution is 2.31. The summed E-state index contributed by atoms with van der Waals surface area (Å²) >= 11 is 0. The highest BCUT2D eigenvalue weighted by molar-refractivity contribution is 5.95. The van der Waals surface area contributed by atoms with Crippen molar-refractivity contribution in [2.45, 2.75) is 32.6 Å². The molecule has 5 heteroatoms. The molecule has 0 radical (unpaired) electrons. The second kappa shape index (κ2) is 8.04. The van der Waals surface area contributed by atoms with Gasteiger partial charge in [-0.05, 0) is 61.7 Å². The molecule has 2 atom stereocenters. The Morgan fingerprint density at radius 2 is 1.69 bits per heavy atom. The number of carbonyl (C=O) groups is 2. The second-order valence-corrected chi connectivity index (χ2v) is 6.75. The highest BCUT2D eigenvalue weighted by atomic mass is 16.5. The first-order chi connectivity index (χ1) is 12.5. The summed E-state index contributed by atoms with van der Waals surface area (Å²) in [7, 11) is 0. The molecule has 0 unspecified atom stereocenters. The third-order valence-electron chi connectivity index (χ3n) is 4.75. The summed E-state index contributed by atoms with van der Waals surface area (Å²) < 4.78 is 5.79. The Labute approximate surface area is 153 Å². The Bertz CT molecular complexity index is 785. The summed E-state index contributed by atoms with van der Waals surface area (Å²) in [5.74, 6) is -1.21. The lowest BCUT2D eigenvalue weighted by atomic mass is 9.78. The second-order valence-electron chi connectivity index (χ2n) is 6.75. The Morgan fingerprint density at radius 1 is 1.00 bits per heavy atom. The SMILES string of the molecule is Cc1cccc(Oc2ccc(NC(=O)[C@H]3CCCC[C@@H]3C(=O)[O-])cc2)c1. The zero-order valence-electron chi connectivity index (χ0n) is 14.7. The number of benzene rings is 2.